The molecule has 0 radical (unpaired) electrons. The fourth-order valence-electron chi connectivity index (χ4n) is 3.25. The van der Waals surface area contributed by atoms with Gasteiger partial charge in [0.2, 0.25) is 0 Å². The molecule has 2 aromatic carbocycles. The number of hydrogen-bond acceptors (Lipinski definition) is 3. The van der Waals surface area contributed by atoms with E-state index in [2.05, 4.69) is 15.9 Å². The second-order valence-corrected chi connectivity index (χ2v) is 7.36. The average molecular weight is 387 g/mol. The van der Waals surface area contributed by atoms with Gasteiger partial charge in [-0.15, -0.1) is 0 Å². The van der Waals surface area contributed by atoms with Crippen molar-refractivity contribution in [1.82, 2.24) is 0 Å². The largest absolute Gasteiger partial charge is 0.458 e. The van der Waals surface area contributed by atoms with Gasteiger partial charge in [0.15, 0.2) is 0 Å². The van der Waals surface area contributed by atoms with Gasteiger partial charge in [-0.05, 0) is 49.6 Å². The first-order valence-corrected chi connectivity index (χ1v) is 8.82. The number of halogens is 1. The molecule has 124 valence electrons. The zero-order chi connectivity index (χ0) is 17.2. The maximum Gasteiger partial charge on any atom is 0.338 e. The van der Waals surface area contributed by atoms with Crippen LogP contribution in [0.1, 0.15) is 35.7 Å². The van der Waals surface area contributed by atoms with Crippen molar-refractivity contribution in [2.24, 2.45) is 5.41 Å². The zero-order valence-electron chi connectivity index (χ0n) is 13.5. The first-order chi connectivity index (χ1) is 11.5. The predicted molar refractivity (Wildman–Crippen MR) is 95.8 cm³/mol. The number of benzene rings is 2. The van der Waals surface area contributed by atoms with Gasteiger partial charge in [0.1, 0.15) is 11.9 Å². The molecule has 0 bridgehead atoms. The van der Waals surface area contributed by atoms with E-state index < -0.39 is 5.41 Å². The molecule has 1 aliphatic rings. The van der Waals surface area contributed by atoms with E-state index in [9.17, 15) is 9.59 Å². The molecule has 0 saturated heterocycles. The van der Waals surface area contributed by atoms with E-state index in [1.165, 1.54) is 0 Å². The molecule has 0 N–H and O–H groups in total. The van der Waals surface area contributed by atoms with Crippen molar-refractivity contribution in [3.05, 3.63) is 70.2 Å². The Morgan fingerprint density at radius 1 is 1.17 bits per heavy atom. The summed E-state index contributed by atoms with van der Waals surface area (Å²) in [7, 11) is 0. The fraction of sp³-hybridized carbons (Fsp3) is 0.300. The highest BCUT2D eigenvalue weighted by Crippen LogP contribution is 2.40. The number of Topliss-reactive ketones (excluding diaryl/α,β-unsaturated/α-hetero) is 1. The number of ether oxygens (including phenoxy) is 1. The number of carbonyl (C=O) groups is 2. The Balaban J connectivity index is 1.77. The number of ketones is 1. The van der Waals surface area contributed by atoms with Crippen molar-refractivity contribution in [3.8, 4) is 0 Å². The number of rotatable bonds is 4. The molecule has 0 heterocycles. The number of hydrogen-bond donors (Lipinski definition) is 0. The molecule has 0 aromatic heterocycles. The van der Waals surface area contributed by atoms with Crippen LogP contribution in [0.15, 0.2) is 59.1 Å². The summed E-state index contributed by atoms with van der Waals surface area (Å²) >= 11 is 3.35. The van der Waals surface area contributed by atoms with Crippen LogP contribution in [0.2, 0.25) is 0 Å². The number of carbonyl (C=O) groups excluding carboxylic acids is 2. The van der Waals surface area contributed by atoms with E-state index >= 15 is 0 Å². The fourth-order valence-corrected chi connectivity index (χ4v) is 3.51. The quantitative estimate of drug-likeness (QED) is 0.721. The lowest BCUT2D eigenvalue weighted by Gasteiger charge is -2.29. The van der Waals surface area contributed by atoms with E-state index in [4.69, 9.17) is 4.74 Å². The molecular formula is C20H19BrO3. The van der Waals surface area contributed by atoms with E-state index in [1.807, 2.05) is 37.3 Å². The minimum Gasteiger partial charge on any atom is -0.458 e. The summed E-state index contributed by atoms with van der Waals surface area (Å²) in [5.41, 5.74) is 0.923. The van der Waals surface area contributed by atoms with Crippen LogP contribution in [0, 0.1) is 5.41 Å². The second-order valence-electron chi connectivity index (χ2n) is 6.44. The molecular weight excluding hydrogens is 368 g/mol. The Hall–Kier alpha value is -1.94. The van der Waals surface area contributed by atoms with Crippen molar-refractivity contribution in [2.75, 3.05) is 0 Å². The van der Waals surface area contributed by atoms with E-state index in [0.29, 0.717) is 24.8 Å². The highest BCUT2D eigenvalue weighted by molar-refractivity contribution is 9.10. The van der Waals surface area contributed by atoms with Gasteiger partial charge < -0.3 is 4.74 Å². The molecule has 3 rings (SSSR count). The van der Waals surface area contributed by atoms with Crippen LogP contribution in [0.3, 0.4) is 0 Å². The van der Waals surface area contributed by atoms with Gasteiger partial charge in [-0.2, -0.15) is 0 Å². The molecule has 0 aliphatic heterocycles. The molecule has 2 aromatic rings. The smallest absolute Gasteiger partial charge is 0.338 e. The molecule has 24 heavy (non-hydrogen) atoms. The summed E-state index contributed by atoms with van der Waals surface area (Å²) < 4.78 is 6.63. The average Bonchev–Trinajstić information content (AvgIpc) is 2.84. The Morgan fingerprint density at radius 3 is 2.50 bits per heavy atom. The Kier molecular flexibility index (Phi) is 4.86. The monoisotopic (exact) mass is 386 g/mol. The highest BCUT2D eigenvalue weighted by Gasteiger charge is 2.48. The molecule has 0 spiro atoms. The molecule has 2 unspecified atom stereocenters. The topological polar surface area (TPSA) is 43.4 Å². The van der Waals surface area contributed by atoms with Crippen molar-refractivity contribution < 1.29 is 14.3 Å². The molecule has 0 amide bonds. The molecule has 1 saturated carbocycles. The van der Waals surface area contributed by atoms with Gasteiger partial charge in [-0.1, -0.05) is 46.3 Å². The zero-order valence-corrected chi connectivity index (χ0v) is 15.1. The third-order valence-electron chi connectivity index (χ3n) is 4.72. The van der Waals surface area contributed by atoms with Crippen molar-refractivity contribution in [2.45, 2.75) is 32.3 Å². The maximum absolute atomic E-state index is 12.5. The van der Waals surface area contributed by atoms with Gasteiger partial charge >= 0.3 is 5.97 Å². The summed E-state index contributed by atoms with van der Waals surface area (Å²) in [6, 6.07) is 16.9. The number of esters is 1. The van der Waals surface area contributed by atoms with Crippen LogP contribution < -0.4 is 0 Å². The van der Waals surface area contributed by atoms with Gasteiger partial charge in [-0.25, -0.2) is 4.79 Å². The first kappa shape index (κ1) is 16.9. The Labute approximate surface area is 150 Å². The molecule has 3 nitrogen and oxygen atoms in total. The van der Waals surface area contributed by atoms with Crippen molar-refractivity contribution in [1.29, 1.82) is 0 Å². The van der Waals surface area contributed by atoms with Crippen LogP contribution in [0.5, 0.6) is 0 Å². The van der Waals surface area contributed by atoms with E-state index in [0.717, 1.165) is 10.0 Å². The predicted octanol–water partition coefficient (Wildman–Crippen LogP) is 4.59. The standard InChI is InChI=1S/C20H19BrO3/c1-20(13-14-5-3-2-4-6-14)17(22)11-12-18(20)24-19(23)15-7-9-16(21)10-8-15/h2-10,18H,11-13H2,1H3. The van der Waals surface area contributed by atoms with Crippen LogP contribution in [0.25, 0.3) is 0 Å². The van der Waals surface area contributed by atoms with E-state index in [-0.39, 0.29) is 17.9 Å². The van der Waals surface area contributed by atoms with Gasteiger partial charge in [0.25, 0.3) is 0 Å². The molecule has 1 aliphatic carbocycles. The van der Waals surface area contributed by atoms with Gasteiger partial charge in [0, 0.05) is 10.9 Å². The lowest BCUT2D eigenvalue weighted by atomic mass is 9.79. The third-order valence-corrected chi connectivity index (χ3v) is 5.25. The van der Waals surface area contributed by atoms with Crippen molar-refractivity contribution >= 4 is 27.7 Å². The molecule has 2 atom stereocenters. The SMILES string of the molecule is CC1(Cc2ccccc2)C(=O)CCC1OC(=O)c1ccc(Br)cc1. The van der Waals surface area contributed by atoms with Gasteiger partial charge in [-0.3, -0.25) is 4.79 Å². The lowest BCUT2D eigenvalue weighted by molar-refractivity contribution is -0.128. The highest BCUT2D eigenvalue weighted by atomic mass is 79.9. The summed E-state index contributed by atoms with van der Waals surface area (Å²) in [6.45, 7) is 1.91. The minimum atomic E-state index is -0.660. The molecule has 1 fully saturated rings. The normalized spacial score (nSPS) is 23.2. The second kappa shape index (κ2) is 6.89. The summed E-state index contributed by atoms with van der Waals surface area (Å²) in [6.07, 6.45) is 1.25. The first-order valence-electron chi connectivity index (χ1n) is 8.03. The van der Waals surface area contributed by atoms with Crippen molar-refractivity contribution in [3.63, 3.8) is 0 Å². The Bertz CT molecular complexity index is 739. The summed E-state index contributed by atoms with van der Waals surface area (Å²) in [5.74, 6) is -0.207. The molecule has 4 heteroatoms. The lowest BCUT2D eigenvalue weighted by Crippen LogP contribution is -2.38. The van der Waals surface area contributed by atoms with Gasteiger partial charge in [0.05, 0.1) is 11.0 Å². The van der Waals surface area contributed by atoms with Crippen LogP contribution >= 0.6 is 15.9 Å². The van der Waals surface area contributed by atoms with Crippen LogP contribution in [-0.4, -0.2) is 17.9 Å². The third kappa shape index (κ3) is 3.44. The Morgan fingerprint density at radius 2 is 1.83 bits per heavy atom. The van der Waals surface area contributed by atoms with Crippen LogP contribution in [-0.2, 0) is 16.0 Å². The van der Waals surface area contributed by atoms with Crippen LogP contribution in [0.4, 0.5) is 0 Å². The maximum atomic E-state index is 12.5. The minimum absolute atomic E-state index is 0.167. The van der Waals surface area contributed by atoms with E-state index in [1.54, 1.807) is 24.3 Å². The summed E-state index contributed by atoms with van der Waals surface area (Å²) in [4.78, 5) is 24.9. The summed E-state index contributed by atoms with van der Waals surface area (Å²) in [5, 5.41) is 0.